The van der Waals surface area contributed by atoms with Crippen LogP contribution in [0.4, 0.5) is 39.5 Å². The molecule has 0 fully saturated rings. The molecular weight excluding hydrogens is 441 g/mol. The molecule has 0 bridgehead atoms. The summed E-state index contributed by atoms with van der Waals surface area (Å²) in [5, 5.41) is 0. The standard InChI is InChI=1S/C20H16F9NO/c1-3-11-9-12(17(21,19(24,25)26)18(22,23)20(27,28)29)8-10(2)15(11)13-6-4-5-7-14(13)16(30)31/h4-9H,3H2,1-2H3,(H2,30,31). The number of primary amides is 1. The molecule has 0 spiro atoms. The molecule has 0 saturated heterocycles. The molecule has 11 heteroatoms. The van der Waals surface area contributed by atoms with E-state index in [4.69, 9.17) is 5.73 Å². The minimum absolute atomic E-state index is 0.0593. The quantitative estimate of drug-likeness (QED) is 0.530. The van der Waals surface area contributed by atoms with Crippen LogP contribution in [-0.2, 0) is 12.1 Å². The number of amides is 1. The topological polar surface area (TPSA) is 43.1 Å². The molecule has 0 saturated carbocycles. The second kappa shape index (κ2) is 7.76. The molecule has 0 aliphatic carbocycles. The van der Waals surface area contributed by atoms with Crippen LogP contribution in [0.3, 0.4) is 0 Å². The van der Waals surface area contributed by atoms with Crippen molar-refractivity contribution in [3.05, 3.63) is 58.7 Å². The van der Waals surface area contributed by atoms with E-state index in [0.717, 1.165) is 6.92 Å². The van der Waals surface area contributed by atoms with Crippen molar-refractivity contribution in [2.45, 2.75) is 44.2 Å². The summed E-state index contributed by atoms with van der Waals surface area (Å²) in [5.74, 6) is -7.66. The molecule has 31 heavy (non-hydrogen) atoms. The maximum Gasteiger partial charge on any atom is 0.457 e. The Labute approximate surface area is 170 Å². The Morgan fingerprint density at radius 3 is 1.90 bits per heavy atom. The first-order valence-electron chi connectivity index (χ1n) is 8.74. The Kier molecular flexibility index (Phi) is 6.14. The Balaban J connectivity index is 2.90. The number of hydrogen-bond donors (Lipinski definition) is 1. The average Bonchev–Trinajstić information content (AvgIpc) is 2.64. The molecule has 2 rings (SSSR count). The van der Waals surface area contributed by atoms with Gasteiger partial charge in [-0.3, -0.25) is 4.79 Å². The lowest BCUT2D eigenvalue weighted by Crippen LogP contribution is -2.59. The summed E-state index contributed by atoms with van der Waals surface area (Å²) >= 11 is 0. The summed E-state index contributed by atoms with van der Waals surface area (Å²) in [6.07, 6.45) is -13.6. The van der Waals surface area contributed by atoms with Gasteiger partial charge in [0.15, 0.2) is 0 Å². The van der Waals surface area contributed by atoms with Crippen molar-refractivity contribution >= 4 is 5.91 Å². The van der Waals surface area contributed by atoms with Crippen molar-refractivity contribution in [1.29, 1.82) is 0 Å². The number of hydrogen-bond acceptors (Lipinski definition) is 1. The predicted octanol–water partition coefficient (Wildman–Crippen LogP) is 6.25. The molecule has 1 amide bonds. The van der Waals surface area contributed by atoms with E-state index in [1.807, 2.05) is 0 Å². The van der Waals surface area contributed by atoms with Gasteiger partial charge < -0.3 is 5.73 Å². The molecule has 2 aromatic rings. The van der Waals surface area contributed by atoms with Crippen LogP contribution in [0, 0.1) is 6.92 Å². The van der Waals surface area contributed by atoms with Crippen molar-refractivity contribution < 1.29 is 44.3 Å². The Hall–Kier alpha value is -2.72. The van der Waals surface area contributed by atoms with Gasteiger partial charge in [0.25, 0.3) is 0 Å². The number of nitrogens with two attached hydrogens (primary N) is 1. The highest BCUT2D eigenvalue weighted by Gasteiger charge is 2.81. The summed E-state index contributed by atoms with van der Waals surface area (Å²) in [7, 11) is 0. The summed E-state index contributed by atoms with van der Waals surface area (Å²) in [5.41, 5.74) is -2.91. The van der Waals surface area contributed by atoms with Gasteiger partial charge in [0.1, 0.15) is 0 Å². The summed E-state index contributed by atoms with van der Waals surface area (Å²) in [6.45, 7) is 2.49. The van der Waals surface area contributed by atoms with Crippen LogP contribution in [0.1, 0.15) is 34.0 Å². The average molecular weight is 457 g/mol. The van der Waals surface area contributed by atoms with Gasteiger partial charge in [0.05, 0.1) is 0 Å². The molecule has 2 nitrogen and oxygen atoms in total. The van der Waals surface area contributed by atoms with Crippen molar-refractivity contribution in [1.82, 2.24) is 0 Å². The maximum atomic E-state index is 14.9. The Morgan fingerprint density at radius 1 is 0.903 bits per heavy atom. The normalized spacial score (nSPS) is 14.9. The summed E-state index contributed by atoms with van der Waals surface area (Å²) in [4.78, 5) is 11.7. The van der Waals surface area contributed by atoms with Crippen LogP contribution in [-0.4, -0.2) is 24.2 Å². The van der Waals surface area contributed by atoms with E-state index in [2.05, 4.69) is 0 Å². The molecule has 0 aliphatic heterocycles. The molecular formula is C20H16F9NO. The van der Waals surface area contributed by atoms with Gasteiger partial charge in [-0.2, -0.15) is 35.1 Å². The fourth-order valence-corrected chi connectivity index (χ4v) is 3.36. The molecule has 0 aliphatic rings. The number of benzene rings is 2. The molecule has 2 aromatic carbocycles. The number of halogens is 9. The zero-order chi connectivity index (χ0) is 24.0. The van der Waals surface area contributed by atoms with Crippen molar-refractivity contribution in [2.24, 2.45) is 5.73 Å². The highest BCUT2D eigenvalue weighted by atomic mass is 19.4. The first kappa shape index (κ1) is 24.5. The van der Waals surface area contributed by atoms with Gasteiger partial charge >= 0.3 is 23.9 Å². The Bertz CT molecular complexity index is 995. The van der Waals surface area contributed by atoms with E-state index >= 15 is 0 Å². The SMILES string of the molecule is CCc1cc(C(F)(C(F)(F)F)C(F)(F)C(F)(F)F)cc(C)c1-c1ccccc1C(N)=O. The minimum Gasteiger partial charge on any atom is -0.366 e. The van der Waals surface area contributed by atoms with E-state index in [1.165, 1.54) is 31.2 Å². The molecule has 0 radical (unpaired) electrons. The minimum atomic E-state index is -6.81. The summed E-state index contributed by atoms with van der Waals surface area (Å²) < 4.78 is 121. The van der Waals surface area contributed by atoms with Crippen LogP contribution in [0.2, 0.25) is 0 Å². The molecule has 1 unspecified atom stereocenters. The first-order valence-corrected chi connectivity index (χ1v) is 8.74. The van der Waals surface area contributed by atoms with E-state index < -0.39 is 35.4 Å². The number of alkyl halides is 9. The first-order chi connectivity index (χ1) is 14.0. The smallest absolute Gasteiger partial charge is 0.366 e. The van der Waals surface area contributed by atoms with E-state index in [1.54, 1.807) is 0 Å². The van der Waals surface area contributed by atoms with Crippen LogP contribution in [0.5, 0.6) is 0 Å². The third-order valence-electron chi connectivity index (χ3n) is 4.84. The van der Waals surface area contributed by atoms with Crippen LogP contribution in [0.25, 0.3) is 11.1 Å². The largest absolute Gasteiger partial charge is 0.457 e. The lowest BCUT2D eigenvalue weighted by Gasteiger charge is -2.36. The lowest BCUT2D eigenvalue weighted by atomic mass is 9.82. The molecule has 0 heterocycles. The van der Waals surface area contributed by atoms with Gasteiger partial charge in [-0.25, -0.2) is 4.39 Å². The number of aryl methyl sites for hydroxylation is 2. The van der Waals surface area contributed by atoms with Crippen LogP contribution in [0.15, 0.2) is 36.4 Å². The highest BCUT2D eigenvalue weighted by molar-refractivity contribution is 6.00. The fourth-order valence-electron chi connectivity index (χ4n) is 3.36. The zero-order valence-corrected chi connectivity index (χ0v) is 16.1. The van der Waals surface area contributed by atoms with Gasteiger partial charge in [-0.1, -0.05) is 37.3 Å². The molecule has 1 atom stereocenters. The van der Waals surface area contributed by atoms with Gasteiger partial charge in [0.2, 0.25) is 5.91 Å². The second-order valence-electron chi connectivity index (χ2n) is 6.82. The van der Waals surface area contributed by atoms with E-state index in [9.17, 15) is 44.3 Å². The van der Waals surface area contributed by atoms with Crippen molar-refractivity contribution in [2.75, 3.05) is 0 Å². The predicted molar refractivity (Wildman–Crippen MR) is 94.4 cm³/mol. The summed E-state index contributed by atoms with van der Waals surface area (Å²) in [6, 6.07) is 6.17. The lowest BCUT2D eigenvalue weighted by molar-refractivity contribution is -0.389. The van der Waals surface area contributed by atoms with Crippen molar-refractivity contribution in [3.63, 3.8) is 0 Å². The van der Waals surface area contributed by atoms with Crippen LogP contribution < -0.4 is 5.73 Å². The van der Waals surface area contributed by atoms with E-state index in [-0.39, 0.29) is 40.3 Å². The van der Waals surface area contributed by atoms with E-state index in [0.29, 0.717) is 6.07 Å². The van der Waals surface area contributed by atoms with Gasteiger partial charge in [-0.05, 0) is 41.7 Å². The third-order valence-corrected chi connectivity index (χ3v) is 4.84. The van der Waals surface area contributed by atoms with Crippen LogP contribution >= 0.6 is 0 Å². The molecule has 0 aromatic heterocycles. The molecule has 2 N–H and O–H groups in total. The fraction of sp³-hybridized carbons (Fsp3) is 0.350. The highest BCUT2D eigenvalue weighted by Crippen LogP contribution is 2.58. The third kappa shape index (κ3) is 3.85. The number of carbonyl (C=O) groups excluding carboxylic acids is 1. The monoisotopic (exact) mass is 457 g/mol. The van der Waals surface area contributed by atoms with Crippen molar-refractivity contribution in [3.8, 4) is 11.1 Å². The number of rotatable bonds is 5. The number of carbonyl (C=O) groups is 1. The molecule has 170 valence electrons. The van der Waals surface area contributed by atoms with Gasteiger partial charge in [-0.15, -0.1) is 0 Å². The Morgan fingerprint density at radius 2 is 1.45 bits per heavy atom. The van der Waals surface area contributed by atoms with Gasteiger partial charge in [0, 0.05) is 11.1 Å². The second-order valence-corrected chi connectivity index (χ2v) is 6.82. The maximum absolute atomic E-state index is 14.9. The zero-order valence-electron chi connectivity index (χ0n) is 16.1.